The third-order valence-corrected chi connectivity index (χ3v) is 1.40. The minimum atomic E-state index is -1.22. The topological polar surface area (TPSA) is 69.2 Å². The molecule has 68 valence electrons. The summed E-state index contributed by atoms with van der Waals surface area (Å²) in [7, 11) is 0. The second-order valence-electron chi connectivity index (χ2n) is 2.63. The molecule has 0 aliphatic rings. The third kappa shape index (κ3) is 6.95. The van der Waals surface area contributed by atoms with Crippen molar-refractivity contribution in [2.24, 2.45) is 0 Å². The van der Waals surface area contributed by atoms with Crippen LogP contribution in [0.2, 0.25) is 0 Å². The number of aliphatic carboxylic acids is 1. The molecule has 0 unspecified atom stereocenters. The van der Waals surface area contributed by atoms with Gasteiger partial charge in [-0.05, 0) is 19.4 Å². The van der Waals surface area contributed by atoms with Crippen molar-refractivity contribution in [1.29, 1.82) is 0 Å². The van der Waals surface area contributed by atoms with Crippen molar-refractivity contribution in [3.8, 4) is 0 Å². The number of ketones is 1. The van der Waals surface area contributed by atoms with Crippen LogP contribution in [0.3, 0.4) is 0 Å². The van der Waals surface area contributed by atoms with Crippen LogP contribution in [0, 0.1) is 0 Å². The molecule has 0 aromatic rings. The molecule has 0 rings (SSSR count). The van der Waals surface area contributed by atoms with Gasteiger partial charge in [0.25, 0.3) is 0 Å². The summed E-state index contributed by atoms with van der Waals surface area (Å²) in [6, 6.07) is -0.812. The van der Waals surface area contributed by atoms with E-state index in [0.717, 1.165) is 0 Å². The Balaban J connectivity index is 0. The van der Waals surface area contributed by atoms with Crippen molar-refractivity contribution in [1.82, 2.24) is 5.32 Å². The number of Topliss-reactive ketones (excluding diaryl/α,β-unsaturated/α-hetero) is 1. The van der Waals surface area contributed by atoms with Gasteiger partial charge in [-0.25, -0.2) is 0 Å². The Bertz CT molecular complexity index is 215. The fraction of sp³-hybridized carbons (Fsp3) is 0.500. The minimum absolute atomic E-state index is 0. The van der Waals surface area contributed by atoms with E-state index in [9.17, 15) is 14.7 Å². The van der Waals surface area contributed by atoms with Crippen molar-refractivity contribution < 1.29 is 44.3 Å². The molecule has 0 aliphatic carbocycles. The standard InChI is InChI=1S/C8H13NO3.Na/c1-5(2)7(10)4-9-6(3)8(11)12;/h6,9H,1,4H2,2-3H3,(H,11,12);/q;+1/p-1/t6-;/m0./s1. The average Bonchev–Trinajstić information content (AvgIpc) is 1.98. The molecular formula is C8H12NNaO3. The SMILES string of the molecule is C=C(C)C(=O)CN[C@@H](C)C(=O)[O-].[Na+]. The number of nitrogens with one attached hydrogen (secondary N) is 1. The molecule has 0 amide bonds. The van der Waals surface area contributed by atoms with Gasteiger partial charge in [0.15, 0.2) is 5.78 Å². The average molecular weight is 193 g/mol. The molecule has 5 heteroatoms. The van der Waals surface area contributed by atoms with Crippen LogP contribution in [0.5, 0.6) is 0 Å². The molecule has 0 saturated heterocycles. The van der Waals surface area contributed by atoms with Crippen LogP contribution in [0.15, 0.2) is 12.2 Å². The summed E-state index contributed by atoms with van der Waals surface area (Å²) in [4.78, 5) is 21.1. The summed E-state index contributed by atoms with van der Waals surface area (Å²) in [5, 5.41) is 12.7. The van der Waals surface area contributed by atoms with E-state index in [1.54, 1.807) is 6.92 Å². The van der Waals surface area contributed by atoms with Crippen molar-refractivity contribution >= 4 is 11.8 Å². The maximum atomic E-state index is 10.9. The zero-order chi connectivity index (χ0) is 9.72. The fourth-order valence-corrected chi connectivity index (χ4v) is 0.480. The largest absolute Gasteiger partial charge is 1.00 e. The van der Waals surface area contributed by atoms with E-state index in [2.05, 4.69) is 11.9 Å². The molecule has 0 heterocycles. The molecule has 0 saturated carbocycles. The summed E-state index contributed by atoms with van der Waals surface area (Å²) in [5.41, 5.74) is 0.410. The molecule has 1 N–H and O–H groups in total. The van der Waals surface area contributed by atoms with Crippen LogP contribution in [-0.4, -0.2) is 24.3 Å². The van der Waals surface area contributed by atoms with Gasteiger partial charge < -0.3 is 15.2 Å². The van der Waals surface area contributed by atoms with Gasteiger partial charge in [0.1, 0.15) is 0 Å². The number of hydrogen-bond donors (Lipinski definition) is 1. The van der Waals surface area contributed by atoms with E-state index in [-0.39, 0.29) is 41.9 Å². The zero-order valence-electron chi connectivity index (χ0n) is 8.22. The Morgan fingerprint density at radius 2 is 2.00 bits per heavy atom. The van der Waals surface area contributed by atoms with E-state index in [1.165, 1.54) is 6.92 Å². The maximum absolute atomic E-state index is 10.9. The Labute approximate surface area is 99.7 Å². The predicted octanol–water partition coefficient (Wildman–Crippen LogP) is -4.14. The summed E-state index contributed by atoms with van der Waals surface area (Å²) >= 11 is 0. The number of carbonyl (C=O) groups excluding carboxylic acids is 2. The molecule has 0 spiro atoms. The van der Waals surface area contributed by atoms with Crippen LogP contribution in [0.25, 0.3) is 0 Å². The number of rotatable bonds is 5. The smallest absolute Gasteiger partial charge is 0.548 e. The van der Waals surface area contributed by atoms with E-state index < -0.39 is 12.0 Å². The second kappa shape index (κ2) is 7.26. The van der Waals surface area contributed by atoms with Crippen LogP contribution in [0.4, 0.5) is 0 Å². The first-order chi connectivity index (χ1) is 5.45. The number of carboxylic acids is 1. The van der Waals surface area contributed by atoms with Gasteiger partial charge in [0, 0.05) is 6.04 Å². The molecule has 4 nitrogen and oxygen atoms in total. The van der Waals surface area contributed by atoms with Gasteiger partial charge in [0.05, 0.1) is 12.5 Å². The van der Waals surface area contributed by atoms with Gasteiger partial charge in [-0.3, -0.25) is 4.79 Å². The minimum Gasteiger partial charge on any atom is -0.548 e. The van der Waals surface area contributed by atoms with Crippen molar-refractivity contribution in [3.05, 3.63) is 12.2 Å². The van der Waals surface area contributed by atoms with Gasteiger partial charge in [0.2, 0.25) is 0 Å². The Hall–Kier alpha value is -0.160. The Morgan fingerprint density at radius 3 is 2.31 bits per heavy atom. The van der Waals surface area contributed by atoms with E-state index in [4.69, 9.17) is 0 Å². The fourth-order valence-electron chi connectivity index (χ4n) is 0.480. The molecule has 0 aromatic heterocycles. The van der Waals surface area contributed by atoms with Crippen molar-refractivity contribution in [3.63, 3.8) is 0 Å². The first-order valence-electron chi connectivity index (χ1n) is 3.58. The predicted molar refractivity (Wildman–Crippen MR) is 42.3 cm³/mol. The van der Waals surface area contributed by atoms with Crippen LogP contribution < -0.4 is 40.0 Å². The molecule has 0 radical (unpaired) electrons. The van der Waals surface area contributed by atoms with E-state index in [0.29, 0.717) is 5.57 Å². The number of carboxylic acid groups (broad SMARTS) is 1. The first kappa shape index (κ1) is 15.3. The molecule has 0 bridgehead atoms. The van der Waals surface area contributed by atoms with Gasteiger partial charge >= 0.3 is 29.6 Å². The summed E-state index contributed by atoms with van der Waals surface area (Å²) in [6.45, 7) is 6.41. The van der Waals surface area contributed by atoms with Gasteiger partial charge in [-0.1, -0.05) is 6.58 Å². The zero-order valence-corrected chi connectivity index (χ0v) is 10.2. The van der Waals surface area contributed by atoms with Crippen LogP contribution in [-0.2, 0) is 9.59 Å². The molecule has 0 aromatic carbocycles. The van der Waals surface area contributed by atoms with Gasteiger partial charge in [-0.2, -0.15) is 0 Å². The molecule has 13 heavy (non-hydrogen) atoms. The van der Waals surface area contributed by atoms with E-state index >= 15 is 0 Å². The van der Waals surface area contributed by atoms with Crippen molar-refractivity contribution in [2.45, 2.75) is 19.9 Å². The number of carbonyl (C=O) groups is 2. The molecule has 0 fully saturated rings. The van der Waals surface area contributed by atoms with Crippen LogP contribution >= 0.6 is 0 Å². The molecule has 1 atom stereocenters. The monoisotopic (exact) mass is 193 g/mol. The Morgan fingerprint density at radius 1 is 1.54 bits per heavy atom. The maximum Gasteiger partial charge on any atom is 1.00 e. The normalized spacial score (nSPS) is 11.2. The Kier molecular flexibility index (Phi) is 8.56. The third-order valence-electron chi connectivity index (χ3n) is 1.40. The van der Waals surface area contributed by atoms with Crippen LogP contribution in [0.1, 0.15) is 13.8 Å². The van der Waals surface area contributed by atoms with Crippen molar-refractivity contribution in [2.75, 3.05) is 6.54 Å². The molecule has 0 aliphatic heterocycles. The summed E-state index contributed by atoms with van der Waals surface area (Å²) < 4.78 is 0. The second-order valence-corrected chi connectivity index (χ2v) is 2.63. The van der Waals surface area contributed by atoms with Gasteiger partial charge in [-0.15, -0.1) is 0 Å². The first-order valence-corrected chi connectivity index (χ1v) is 3.58. The quantitative estimate of drug-likeness (QED) is 0.355. The number of hydrogen-bond acceptors (Lipinski definition) is 4. The molecular weight excluding hydrogens is 181 g/mol. The summed E-state index contributed by atoms with van der Waals surface area (Å²) in [6.07, 6.45) is 0. The van der Waals surface area contributed by atoms with E-state index in [1.807, 2.05) is 0 Å². The summed E-state index contributed by atoms with van der Waals surface area (Å²) in [5.74, 6) is -1.41.